The van der Waals surface area contributed by atoms with Crippen molar-refractivity contribution in [2.75, 3.05) is 13.2 Å². The molecule has 31 heavy (non-hydrogen) atoms. The highest BCUT2D eigenvalue weighted by molar-refractivity contribution is 5.77. The number of rotatable bonds is 6. The number of amides is 1. The molecular weight excluding hydrogens is 390 g/mol. The second-order valence-electron chi connectivity index (χ2n) is 8.89. The Morgan fingerprint density at radius 3 is 2.58 bits per heavy atom. The molecule has 1 amide bonds. The number of carbonyl (C=O) groups excluding carboxylic acids is 2. The van der Waals surface area contributed by atoms with Gasteiger partial charge in [-0.2, -0.15) is 5.10 Å². The maximum Gasteiger partial charge on any atom is 0.308 e. The average molecular weight is 424 g/mol. The van der Waals surface area contributed by atoms with Crippen molar-refractivity contribution in [1.82, 2.24) is 14.7 Å². The maximum absolute atomic E-state index is 13.1. The minimum atomic E-state index is -0.0714. The summed E-state index contributed by atoms with van der Waals surface area (Å²) in [4.78, 5) is 27.0. The number of hydrogen-bond donors (Lipinski definition) is 0. The third-order valence-electron chi connectivity index (χ3n) is 6.80. The summed E-state index contributed by atoms with van der Waals surface area (Å²) in [6.45, 7) is 6.49. The monoisotopic (exact) mass is 423 g/mol. The smallest absolute Gasteiger partial charge is 0.308 e. The van der Waals surface area contributed by atoms with Crippen molar-refractivity contribution in [2.45, 2.75) is 65.5 Å². The molecule has 2 heterocycles. The third-order valence-corrected chi connectivity index (χ3v) is 6.80. The molecule has 1 aliphatic carbocycles. The van der Waals surface area contributed by atoms with Crippen LogP contribution in [0, 0.1) is 18.8 Å². The summed E-state index contributed by atoms with van der Waals surface area (Å²) in [6, 6.07) is 10.3. The van der Waals surface area contributed by atoms with Gasteiger partial charge in [0.1, 0.15) is 0 Å². The fraction of sp³-hybridized carbons (Fsp3) is 0.560. The van der Waals surface area contributed by atoms with Crippen molar-refractivity contribution < 1.29 is 14.3 Å². The topological polar surface area (TPSA) is 64.4 Å². The van der Waals surface area contributed by atoms with Crippen LogP contribution in [0.2, 0.25) is 0 Å². The molecule has 0 spiro atoms. The molecule has 1 saturated carbocycles. The molecule has 0 radical (unpaired) electrons. The van der Waals surface area contributed by atoms with Gasteiger partial charge in [0.05, 0.1) is 37.0 Å². The zero-order valence-electron chi connectivity index (χ0n) is 18.7. The SMILES string of the molecule is CCOC(=O)C1CCC(CC(=O)N2CCc3c(C)nn(Cc4ccccc4)c3C2)CC1. The van der Waals surface area contributed by atoms with Gasteiger partial charge < -0.3 is 9.64 Å². The molecule has 6 nitrogen and oxygen atoms in total. The highest BCUT2D eigenvalue weighted by Gasteiger charge is 2.31. The first-order chi connectivity index (χ1) is 15.0. The Morgan fingerprint density at radius 1 is 1.13 bits per heavy atom. The summed E-state index contributed by atoms with van der Waals surface area (Å²) in [5.74, 6) is 0.544. The lowest BCUT2D eigenvalue weighted by molar-refractivity contribution is -0.149. The molecule has 1 aromatic heterocycles. The number of nitrogens with zero attached hydrogens (tertiary/aromatic N) is 3. The van der Waals surface area contributed by atoms with Crippen LogP contribution in [0.1, 0.15) is 61.5 Å². The van der Waals surface area contributed by atoms with Gasteiger partial charge in [-0.15, -0.1) is 0 Å². The lowest BCUT2D eigenvalue weighted by Crippen LogP contribution is -2.38. The van der Waals surface area contributed by atoms with Gasteiger partial charge in [0, 0.05) is 13.0 Å². The molecule has 166 valence electrons. The van der Waals surface area contributed by atoms with Gasteiger partial charge >= 0.3 is 5.97 Å². The summed E-state index contributed by atoms with van der Waals surface area (Å²) in [6.07, 6.45) is 4.99. The summed E-state index contributed by atoms with van der Waals surface area (Å²) in [5.41, 5.74) is 4.77. The van der Waals surface area contributed by atoms with Gasteiger partial charge in [0.2, 0.25) is 5.91 Å². The summed E-state index contributed by atoms with van der Waals surface area (Å²) >= 11 is 0. The molecule has 0 atom stereocenters. The van der Waals surface area contributed by atoms with Crippen molar-refractivity contribution in [3.8, 4) is 0 Å². The van der Waals surface area contributed by atoms with Crippen LogP contribution in [-0.2, 0) is 33.8 Å². The number of hydrogen-bond acceptors (Lipinski definition) is 4. The highest BCUT2D eigenvalue weighted by atomic mass is 16.5. The molecule has 0 unspecified atom stereocenters. The predicted molar refractivity (Wildman–Crippen MR) is 118 cm³/mol. The number of aromatic nitrogens is 2. The molecule has 0 N–H and O–H groups in total. The normalized spacial score (nSPS) is 20.9. The summed E-state index contributed by atoms with van der Waals surface area (Å²) in [5, 5.41) is 4.77. The van der Waals surface area contributed by atoms with Crippen LogP contribution < -0.4 is 0 Å². The van der Waals surface area contributed by atoms with E-state index in [1.165, 1.54) is 16.8 Å². The zero-order valence-corrected chi connectivity index (χ0v) is 18.7. The number of esters is 1. The molecule has 6 heteroatoms. The third kappa shape index (κ3) is 5.00. The van der Waals surface area contributed by atoms with Gasteiger partial charge in [-0.25, -0.2) is 0 Å². The first kappa shape index (κ1) is 21.6. The quantitative estimate of drug-likeness (QED) is 0.662. The van der Waals surface area contributed by atoms with E-state index in [-0.39, 0.29) is 17.8 Å². The first-order valence-corrected chi connectivity index (χ1v) is 11.6. The predicted octanol–water partition coefficient (Wildman–Crippen LogP) is 3.88. The fourth-order valence-corrected chi connectivity index (χ4v) is 5.01. The zero-order chi connectivity index (χ0) is 21.8. The maximum atomic E-state index is 13.1. The van der Waals surface area contributed by atoms with Crippen LogP contribution in [0.5, 0.6) is 0 Å². The first-order valence-electron chi connectivity index (χ1n) is 11.6. The summed E-state index contributed by atoms with van der Waals surface area (Å²) < 4.78 is 7.23. The van der Waals surface area contributed by atoms with E-state index < -0.39 is 0 Å². The molecule has 1 aromatic carbocycles. The van der Waals surface area contributed by atoms with Crippen molar-refractivity contribution >= 4 is 11.9 Å². The lowest BCUT2D eigenvalue weighted by atomic mass is 9.80. The van der Waals surface area contributed by atoms with Crippen LogP contribution in [-0.4, -0.2) is 39.7 Å². The lowest BCUT2D eigenvalue weighted by Gasteiger charge is -2.31. The molecular formula is C25H33N3O3. The van der Waals surface area contributed by atoms with E-state index in [9.17, 15) is 9.59 Å². The molecule has 1 aliphatic heterocycles. The van der Waals surface area contributed by atoms with Crippen LogP contribution in [0.4, 0.5) is 0 Å². The van der Waals surface area contributed by atoms with Gasteiger partial charge in [-0.1, -0.05) is 30.3 Å². The number of carbonyl (C=O) groups is 2. The summed E-state index contributed by atoms with van der Waals surface area (Å²) in [7, 11) is 0. The highest BCUT2D eigenvalue weighted by Crippen LogP contribution is 2.32. The van der Waals surface area contributed by atoms with Gasteiger partial charge in [-0.3, -0.25) is 14.3 Å². The number of ether oxygens (including phenoxy) is 1. The van der Waals surface area contributed by atoms with Crippen LogP contribution in [0.3, 0.4) is 0 Å². The van der Waals surface area contributed by atoms with E-state index in [1.807, 2.05) is 30.0 Å². The van der Waals surface area contributed by atoms with Crippen LogP contribution in [0.15, 0.2) is 30.3 Å². The van der Waals surface area contributed by atoms with Gasteiger partial charge in [-0.05, 0) is 63.0 Å². The second kappa shape index (κ2) is 9.67. The Balaban J connectivity index is 1.35. The molecule has 0 saturated heterocycles. The van der Waals surface area contributed by atoms with Crippen LogP contribution >= 0.6 is 0 Å². The Hall–Kier alpha value is -2.63. The largest absolute Gasteiger partial charge is 0.466 e. The Morgan fingerprint density at radius 2 is 1.87 bits per heavy atom. The van der Waals surface area contributed by atoms with Crippen molar-refractivity contribution in [2.24, 2.45) is 11.8 Å². The Kier molecular flexibility index (Phi) is 6.73. The van der Waals surface area contributed by atoms with Crippen LogP contribution in [0.25, 0.3) is 0 Å². The minimum absolute atomic E-state index is 0.0131. The molecule has 2 aromatic rings. The Labute approximate surface area is 184 Å². The van der Waals surface area contributed by atoms with Crippen molar-refractivity contribution in [1.29, 1.82) is 0 Å². The molecule has 0 bridgehead atoms. The fourth-order valence-electron chi connectivity index (χ4n) is 5.01. The van der Waals surface area contributed by atoms with Gasteiger partial charge in [0.25, 0.3) is 0 Å². The van der Waals surface area contributed by atoms with Crippen molar-refractivity contribution in [3.05, 3.63) is 52.8 Å². The second-order valence-corrected chi connectivity index (χ2v) is 8.89. The van der Waals surface area contributed by atoms with E-state index in [4.69, 9.17) is 9.84 Å². The average Bonchev–Trinajstić information content (AvgIpc) is 3.09. The molecule has 2 aliphatic rings. The minimum Gasteiger partial charge on any atom is -0.466 e. The number of benzene rings is 1. The van der Waals surface area contributed by atoms with E-state index in [2.05, 4.69) is 23.7 Å². The number of aryl methyl sites for hydroxylation is 1. The molecule has 4 rings (SSSR count). The molecule has 1 fully saturated rings. The van der Waals surface area contributed by atoms with Crippen molar-refractivity contribution in [3.63, 3.8) is 0 Å². The van der Waals surface area contributed by atoms with E-state index in [0.717, 1.165) is 50.9 Å². The number of fused-ring (bicyclic) bond motifs is 1. The Bertz CT molecular complexity index is 914. The van der Waals surface area contributed by atoms with E-state index >= 15 is 0 Å². The standard InChI is InChI=1S/C25H33N3O3/c1-3-31-25(30)21-11-9-19(10-12-21)15-24(29)27-14-13-22-18(2)26-28(23(22)17-27)16-20-7-5-4-6-8-20/h4-8,19,21H,3,9-17H2,1-2H3. The van der Waals surface area contributed by atoms with Gasteiger partial charge in [0.15, 0.2) is 0 Å². The van der Waals surface area contributed by atoms with E-state index in [0.29, 0.717) is 25.5 Å². The van der Waals surface area contributed by atoms with E-state index in [1.54, 1.807) is 0 Å².